The molecule has 0 aromatic heterocycles. The molecule has 96 valence electrons. The predicted octanol–water partition coefficient (Wildman–Crippen LogP) is 2.58. The molecule has 0 spiro atoms. The van der Waals surface area contributed by atoms with Crippen molar-refractivity contribution in [2.45, 2.75) is 11.8 Å². The predicted molar refractivity (Wildman–Crippen MR) is 69.5 cm³/mol. The average molecular weight is 266 g/mol. The summed E-state index contributed by atoms with van der Waals surface area (Å²) in [5, 5.41) is 8.62. The van der Waals surface area contributed by atoms with E-state index in [1.807, 2.05) is 18.2 Å². The van der Waals surface area contributed by atoms with Crippen LogP contribution in [0, 0.1) is 0 Å². The van der Waals surface area contributed by atoms with Gasteiger partial charge in [0.25, 0.3) is 0 Å². The molecule has 18 heavy (non-hydrogen) atoms. The summed E-state index contributed by atoms with van der Waals surface area (Å²) in [5.41, 5.74) is 0.822. The number of carboxylic acid groups (broad SMARTS) is 1. The van der Waals surface area contributed by atoms with E-state index in [9.17, 15) is 4.79 Å². The Labute approximate surface area is 110 Å². The molecule has 0 radical (unpaired) electrons. The molecule has 0 saturated heterocycles. The van der Waals surface area contributed by atoms with Crippen LogP contribution in [0.15, 0.2) is 34.7 Å². The Morgan fingerprint density at radius 3 is 2.83 bits per heavy atom. The number of carbonyl (C=O) groups is 1. The molecule has 1 N–H and O–H groups in total. The van der Waals surface area contributed by atoms with E-state index < -0.39 is 5.97 Å². The molecule has 1 heterocycles. The van der Waals surface area contributed by atoms with Crippen LogP contribution >= 0.6 is 11.8 Å². The van der Waals surface area contributed by atoms with E-state index in [1.54, 1.807) is 18.7 Å². The summed E-state index contributed by atoms with van der Waals surface area (Å²) in [5.74, 6) is 1.26. The molecule has 1 aliphatic heterocycles. The van der Waals surface area contributed by atoms with Gasteiger partial charge in [0.05, 0.1) is 0 Å². The van der Waals surface area contributed by atoms with E-state index in [-0.39, 0.29) is 0 Å². The Kier molecular flexibility index (Phi) is 4.15. The molecule has 1 aromatic rings. The SMILES string of the molecule is C/C(=C\C(=O)O)CSc1ccc2c(c1)OCCO2. The molecule has 4 nitrogen and oxygen atoms in total. The molecule has 0 aliphatic carbocycles. The van der Waals surface area contributed by atoms with E-state index in [0.29, 0.717) is 19.0 Å². The zero-order valence-electron chi connectivity index (χ0n) is 10.0. The Morgan fingerprint density at radius 1 is 1.39 bits per heavy atom. The van der Waals surface area contributed by atoms with E-state index in [1.165, 1.54) is 6.08 Å². The third-order valence-corrected chi connectivity index (χ3v) is 3.54. The average Bonchev–Trinajstić information content (AvgIpc) is 2.35. The summed E-state index contributed by atoms with van der Waals surface area (Å²) in [4.78, 5) is 11.5. The maximum atomic E-state index is 10.5. The minimum Gasteiger partial charge on any atom is -0.486 e. The van der Waals surface area contributed by atoms with Crippen molar-refractivity contribution in [2.75, 3.05) is 19.0 Å². The first-order chi connectivity index (χ1) is 8.65. The fourth-order valence-electron chi connectivity index (χ4n) is 1.56. The van der Waals surface area contributed by atoms with Gasteiger partial charge in [0.2, 0.25) is 0 Å². The number of benzene rings is 1. The smallest absolute Gasteiger partial charge is 0.328 e. The largest absolute Gasteiger partial charge is 0.486 e. The van der Waals surface area contributed by atoms with Crippen molar-refractivity contribution in [1.29, 1.82) is 0 Å². The summed E-state index contributed by atoms with van der Waals surface area (Å²) >= 11 is 1.58. The van der Waals surface area contributed by atoms with Crippen LogP contribution in [0.1, 0.15) is 6.92 Å². The van der Waals surface area contributed by atoms with Gasteiger partial charge in [0, 0.05) is 16.7 Å². The van der Waals surface area contributed by atoms with E-state index in [4.69, 9.17) is 14.6 Å². The van der Waals surface area contributed by atoms with Crippen LogP contribution < -0.4 is 9.47 Å². The van der Waals surface area contributed by atoms with Crippen LogP contribution in [-0.4, -0.2) is 30.0 Å². The van der Waals surface area contributed by atoms with Crippen LogP contribution in [0.5, 0.6) is 11.5 Å². The number of carboxylic acids is 1. The highest BCUT2D eigenvalue weighted by atomic mass is 32.2. The lowest BCUT2D eigenvalue weighted by Crippen LogP contribution is -2.15. The second kappa shape index (κ2) is 5.82. The lowest BCUT2D eigenvalue weighted by molar-refractivity contribution is -0.131. The number of hydrogen-bond acceptors (Lipinski definition) is 4. The molecule has 5 heteroatoms. The number of thioether (sulfide) groups is 1. The minimum atomic E-state index is -0.907. The molecular weight excluding hydrogens is 252 g/mol. The van der Waals surface area contributed by atoms with Gasteiger partial charge in [-0.05, 0) is 25.1 Å². The van der Waals surface area contributed by atoms with Crippen molar-refractivity contribution in [3.8, 4) is 11.5 Å². The van der Waals surface area contributed by atoms with Gasteiger partial charge in [-0.15, -0.1) is 11.8 Å². The number of fused-ring (bicyclic) bond motifs is 1. The third-order valence-electron chi connectivity index (χ3n) is 2.35. The van der Waals surface area contributed by atoms with Gasteiger partial charge in [-0.25, -0.2) is 4.79 Å². The Balaban J connectivity index is 2.00. The summed E-state index contributed by atoms with van der Waals surface area (Å²) < 4.78 is 10.9. The first kappa shape index (κ1) is 12.8. The lowest BCUT2D eigenvalue weighted by Gasteiger charge is -2.18. The number of aliphatic carboxylic acids is 1. The molecule has 1 aromatic carbocycles. The highest BCUT2D eigenvalue weighted by Crippen LogP contribution is 2.34. The highest BCUT2D eigenvalue weighted by molar-refractivity contribution is 7.99. The summed E-state index contributed by atoms with van der Waals surface area (Å²) in [6.07, 6.45) is 1.23. The van der Waals surface area contributed by atoms with Gasteiger partial charge in [-0.3, -0.25) is 0 Å². The van der Waals surface area contributed by atoms with Gasteiger partial charge >= 0.3 is 5.97 Å². The summed E-state index contributed by atoms with van der Waals surface area (Å²) in [6.45, 7) is 2.96. The minimum absolute atomic E-state index is 0.569. The topological polar surface area (TPSA) is 55.8 Å². The molecule has 0 saturated carbocycles. The molecule has 0 bridgehead atoms. The van der Waals surface area contributed by atoms with Crippen molar-refractivity contribution < 1.29 is 19.4 Å². The summed E-state index contributed by atoms with van der Waals surface area (Å²) in [7, 11) is 0. The first-order valence-corrected chi connectivity index (χ1v) is 6.56. The van der Waals surface area contributed by atoms with Gasteiger partial charge < -0.3 is 14.6 Å². The van der Waals surface area contributed by atoms with Crippen LogP contribution in [-0.2, 0) is 4.79 Å². The van der Waals surface area contributed by atoms with E-state index in [2.05, 4.69) is 0 Å². The van der Waals surface area contributed by atoms with Crippen LogP contribution in [0.3, 0.4) is 0 Å². The third kappa shape index (κ3) is 3.43. The monoisotopic (exact) mass is 266 g/mol. The molecule has 1 aliphatic rings. The standard InChI is InChI=1S/C13H14O4S/c1-9(6-13(14)15)8-18-10-2-3-11-12(7-10)17-5-4-16-11/h2-3,6-7H,4-5,8H2,1H3,(H,14,15)/b9-6+. The fourth-order valence-corrected chi connectivity index (χ4v) is 2.40. The lowest BCUT2D eigenvalue weighted by atomic mass is 10.3. The molecular formula is C13H14O4S. The number of ether oxygens (including phenoxy) is 2. The van der Waals surface area contributed by atoms with Crippen LogP contribution in [0.25, 0.3) is 0 Å². The van der Waals surface area contributed by atoms with Crippen molar-refractivity contribution in [3.05, 3.63) is 29.8 Å². The zero-order chi connectivity index (χ0) is 13.0. The van der Waals surface area contributed by atoms with Crippen molar-refractivity contribution in [3.63, 3.8) is 0 Å². The Bertz CT molecular complexity index is 482. The van der Waals surface area contributed by atoms with Crippen molar-refractivity contribution >= 4 is 17.7 Å². The van der Waals surface area contributed by atoms with Gasteiger partial charge in [-0.2, -0.15) is 0 Å². The fraction of sp³-hybridized carbons (Fsp3) is 0.308. The van der Waals surface area contributed by atoms with Gasteiger partial charge in [-0.1, -0.05) is 5.57 Å². The van der Waals surface area contributed by atoms with Crippen molar-refractivity contribution in [1.82, 2.24) is 0 Å². The Hall–Kier alpha value is -1.62. The maximum absolute atomic E-state index is 10.5. The first-order valence-electron chi connectivity index (χ1n) is 5.58. The normalized spacial score (nSPS) is 14.4. The van der Waals surface area contributed by atoms with Crippen molar-refractivity contribution in [2.24, 2.45) is 0 Å². The summed E-state index contributed by atoms with van der Waals surface area (Å²) in [6, 6.07) is 5.76. The molecule has 2 rings (SSSR count). The molecule has 0 fully saturated rings. The number of rotatable bonds is 4. The molecule has 0 atom stereocenters. The maximum Gasteiger partial charge on any atom is 0.328 e. The second-order valence-corrected chi connectivity index (χ2v) is 4.97. The van der Waals surface area contributed by atoms with Gasteiger partial charge in [0.15, 0.2) is 11.5 Å². The number of hydrogen-bond donors (Lipinski definition) is 1. The van der Waals surface area contributed by atoms with E-state index >= 15 is 0 Å². The van der Waals surface area contributed by atoms with E-state index in [0.717, 1.165) is 22.0 Å². The zero-order valence-corrected chi connectivity index (χ0v) is 10.8. The van der Waals surface area contributed by atoms with Crippen LogP contribution in [0.4, 0.5) is 0 Å². The van der Waals surface area contributed by atoms with Gasteiger partial charge in [0.1, 0.15) is 13.2 Å². The second-order valence-electron chi connectivity index (χ2n) is 3.92. The molecule has 0 unspecified atom stereocenters. The molecule has 0 amide bonds. The highest BCUT2D eigenvalue weighted by Gasteiger charge is 2.11. The quantitative estimate of drug-likeness (QED) is 0.670. The Morgan fingerprint density at radius 2 is 2.11 bits per heavy atom. The van der Waals surface area contributed by atoms with Crippen LogP contribution in [0.2, 0.25) is 0 Å².